The van der Waals surface area contributed by atoms with Gasteiger partial charge in [0.25, 0.3) is 11.6 Å². The zero-order valence-corrected chi connectivity index (χ0v) is 18.4. The van der Waals surface area contributed by atoms with Gasteiger partial charge in [0.2, 0.25) is 0 Å². The molecule has 0 saturated carbocycles. The van der Waals surface area contributed by atoms with E-state index in [0.29, 0.717) is 16.7 Å². The van der Waals surface area contributed by atoms with E-state index in [4.69, 9.17) is 0 Å². The minimum atomic E-state index is -3.31. The molecule has 0 bridgehead atoms. The molecule has 1 N–H and O–H groups in total. The van der Waals surface area contributed by atoms with E-state index >= 15 is 0 Å². The summed E-state index contributed by atoms with van der Waals surface area (Å²) in [6.45, 7) is 1.79. The molecule has 7 nitrogen and oxygen atoms in total. The van der Waals surface area contributed by atoms with Crippen LogP contribution in [0.3, 0.4) is 0 Å². The molecule has 32 heavy (non-hydrogen) atoms. The van der Waals surface area contributed by atoms with Crippen LogP contribution in [-0.4, -0.2) is 25.5 Å². The number of benzene rings is 3. The van der Waals surface area contributed by atoms with E-state index in [-0.39, 0.29) is 16.5 Å². The van der Waals surface area contributed by atoms with E-state index in [1.165, 1.54) is 24.3 Å². The molecule has 0 aromatic heterocycles. The summed E-state index contributed by atoms with van der Waals surface area (Å²) in [5, 5.41) is 14.0. The number of carbonyl (C=O) groups excluding carboxylic acids is 1. The number of sulfone groups is 1. The summed E-state index contributed by atoms with van der Waals surface area (Å²) in [6, 6.07) is 21.0. The van der Waals surface area contributed by atoms with Crippen LogP contribution in [0.25, 0.3) is 11.6 Å². The molecule has 1 amide bonds. The topological polar surface area (TPSA) is 106 Å². The van der Waals surface area contributed by atoms with Crippen LogP contribution in [-0.2, 0) is 14.6 Å². The minimum absolute atomic E-state index is 0.0640. The van der Waals surface area contributed by atoms with E-state index in [9.17, 15) is 23.3 Å². The van der Waals surface area contributed by atoms with Crippen molar-refractivity contribution < 1.29 is 18.1 Å². The first-order valence-electron chi connectivity index (χ1n) is 9.77. The van der Waals surface area contributed by atoms with Crippen molar-refractivity contribution in [2.24, 2.45) is 0 Å². The normalized spacial score (nSPS) is 12.8. The second-order valence-electron chi connectivity index (χ2n) is 7.31. The van der Waals surface area contributed by atoms with Crippen LogP contribution in [0.4, 0.5) is 5.69 Å². The van der Waals surface area contributed by atoms with E-state index in [1.807, 2.05) is 6.07 Å². The van der Waals surface area contributed by atoms with Gasteiger partial charge in [-0.15, -0.1) is 0 Å². The Hall–Kier alpha value is -3.78. The second-order valence-corrected chi connectivity index (χ2v) is 9.33. The van der Waals surface area contributed by atoms with Crippen molar-refractivity contribution in [1.82, 2.24) is 5.32 Å². The number of nitrogens with one attached hydrogen (secondary N) is 1. The first kappa shape index (κ1) is 22.9. The van der Waals surface area contributed by atoms with Crippen molar-refractivity contribution >= 4 is 33.1 Å². The van der Waals surface area contributed by atoms with Gasteiger partial charge in [0.05, 0.1) is 15.9 Å². The summed E-state index contributed by atoms with van der Waals surface area (Å²) < 4.78 is 23.3. The third-order valence-corrected chi connectivity index (χ3v) is 6.01. The molecule has 0 spiro atoms. The van der Waals surface area contributed by atoms with Crippen LogP contribution in [0, 0.1) is 10.1 Å². The fourth-order valence-corrected chi connectivity index (χ4v) is 3.78. The Morgan fingerprint density at radius 1 is 1.00 bits per heavy atom. The average Bonchev–Trinajstić information content (AvgIpc) is 2.77. The number of nitrogens with zero attached hydrogens (tertiary/aromatic N) is 1. The molecule has 0 heterocycles. The largest absolute Gasteiger partial charge is 0.345 e. The Bertz CT molecular complexity index is 1270. The Balaban J connectivity index is 1.91. The van der Waals surface area contributed by atoms with Crippen molar-refractivity contribution in [2.45, 2.75) is 17.9 Å². The van der Waals surface area contributed by atoms with Gasteiger partial charge in [-0.2, -0.15) is 0 Å². The first-order chi connectivity index (χ1) is 15.1. The molecule has 3 aromatic carbocycles. The zero-order valence-electron chi connectivity index (χ0n) is 17.6. The monoisotopic (exact) mass is 450 g/mol. The highest BCUT2D eigenvalue weighted by Gasteiger charge is 2.17. The van der Waals surface area contributed by atoms with Crippen LogP contribution in [0.15, 0.2) is 83.8 Å². The molecule has 0 fully saturated rings. The number of carbonyl (C=O) groups is 1. The predicted octanol–water partition coefficient (Wildman–Crippen LogP) is 4.42. The molecule has 1 atom stereocenters. The minimum Gasteiger partial charge on any atom is -0.345 e. The molecule has 0 aliphatic heterocycles. The van der Waals surface area contributed by atoms with Gasteiger partial charge in [-0.3, -0.25) is 14.9 Å². The van der Waals surface area contributed by atoms with E-state index in [2.05, 4.69) is 5.32 Å². The van der Waals surface area contributed by atoms with Crippen LogP contribution in [0.1, 0.15) is 29.7 Å². The lowest BCUT2D eigenvalue weighted by atomic mass is 10.0. The Labute approximate surface area is 186 Å². The van der Waals surface area contributed by atoms with Crippen molar-refractivity contribution in [1.29, 1.82) is 0 Å². The Kier molecular flexibility index (Phi) is 6.85. The van der Waals surface area contributed by atoms with Gasteiger partial charge in [0, 0.05) is 24.0 Å². The highest BCUT2D eigenvalue weighted by atomic mass is 32.2. The zero-order chi connectivity index (χ0) is 23.3. The average molecular weight is 451 g/mol. The number of amides is 1. The van der Waals surface area contributed by atoms with Crippen molar-refractivity contribution in [2.75, 3.05) is 6.26 Å². The predicted molar refractivity (Wildman–Crippen MR) is 124 cm³/mol. The van der Waals surface area contributed by atoms with Gasteiger partial charge >= 0.3 is 0 Å². The number of nitro benzene ring substituents is 1. The summed E-state index contributed by atoms with van der Waals surface area (Å²) >= 11 is 0. The third-order valence-electron chi connectivity index (χ3n) is 4.88. The third kappa shape index (κ3) is 5.67. The highest BCUT2D eigenvalue weighted by Crippen LogP contribution is 2.23. The van der Waals surface area contributed by atoms with Gasteiger partial charge in [-0.05, 0) is 41.8 Å². The van der Waals surface area contributed by atoms with Gasteiger partial charge in [-0.1, -0.05) is 54.6 Å². The lowest BCUT2D eigenvalue weighted by molar-refractivity contribution is -0.384. The standard InChI is InChI=1S/C24H22N2O5S/c1-17(19-11-13-22(14-12-19)32(2,30)31)25-24(27)23(20-8-4-3-5-9-20)16-18-7-6-10-21(15-18)26(28)29/h3-17H,1-2H3,(H,25,27)/b23-16+/t17-/m1/s1. The van der Waals surface area contributed by atoms with Gasteiger partial charge in [-0.25, -0.2) is 8.42 Å². The summed E-state index contributed by atoms with van der Waals surface area (Å²) in [5.41, 5.74) is 2.22. The molecule has 0 unspecified atom stereocenters. The summed E-state index contributed by atoms with van der Waals surface area (Å²) in [5.74, 6) is -0.359. The van der Waals surface area contributed by atoms with Gasteiger partial charge in [0.1, 0.15) is 0 Å². The second kappa shape index (κ2) is 9.57. The van der Waals surface area contributed by atoms with Crippen molar-refractivity contribution in [3.63, 3.8) is 0 Å². The van der Waals surface area contributed by atoms with Crippen LogP contribution in [0.5, 0.6) is 0 Å². The van der Waals surface area contributed by atoms with E-state index in [0.717, 1.165) is 11.8 Å². The number of non-ortho nitro benzene ring substituents is 1. The van der Waals surface area contributed by atoms with Crippen molar-refractivity contribution in [3.05, 3.63) is 106 Å². The van der Waals surface area contributed by atoms with Gasteiger partial charge < -0.3 is 5.32 Å². The molecule has 164 valence electrons. The van der Waals surface area contributed by atoms with Gasteiger partial charge in [0.15, 0.2) is 9.84 Å². The lowest BCUT2D eigenvalue weighted by Crippen LogP contribution is -2.27. The SMILES string of the molecule is C[C@@H](NC(=O)/C(=C/c1cccc([N+](=O)[O-])c1)c1ccccc1)c1ccc(S(C)(=O)=O)cc1. The lowest BCUT2D eigenvalue weighted by Gasteiger charge is -2.17. The van der Waals surface area contributed by atoms with E-state index in [1.54, 1.807) is 61.5 Å². The Morgan fingerprint density at radius 3 is 2.25 bits per heavy atom. The molecule has 0 radical (unpaired) electrons. The van der Waals surface area contributed by atoms with Crippen LogP contribution < -0.4 is 5.32 Å². The maximum atomic E-state index is 13.2. The summed E-state index contributed by atoms with van der Waals surface area (Å²) in [4.78, 5) is 24.0. The molecule has 3 aromatic rings. The molecule has 0 aliphatic rings. The van der Waals surface area contributed by atoms with Crippen LogP contribution in [0.2, 0.25) is 0 Å². The smallest absolute Gasteiger partial charge is 0.270 e. The fourth-order valence-electron chi connectivity index (χ4n) is 3.15. The fraction of sp³-hybridized carbons (Fsp3) is 0.125. The molecule has 3 rings (SSSR count). The number of hydrogen-bond acceptors (Lipinski definition) is 5. The Morgan fingerprint density at radius 2 is 1.66 bits per heavy atom. The molecule has 0 saturated heterocycles. The maximum Gasteiger partial charge on any atom is 0.270 e. The highest BCUT2D eigenvalue weighted by molar-refractivity contribution is 7.90. The van der Waals surface area contributed by atoms with Crippen molar-refractivity contribution in [3.8, 4) is 0 Å². The molecule has 8 heteroatoms. The maximum absolute atomic E-state index is 13.2. The number of rotatable bonds is 7. The van der Waals surface area contributed by atoms with Crippen LogP contribution >= 0.6 is 0 Å². The molecular weight excluding hydrogens is 428 g/mol. The summed E-state index contributed by atoms with van der Waals surface area (Å²) in [6.07, 6.45) is 2.75. The molecular formula is C24H22N2O5S. The molecule has 0 aliphatic carbocycles. The number of nitro groups is 1. The quantitative estimate of drug-likeness (QED) is 0.248. The summed E-state index contributed by atoms with van der Waals surface area (Å²) in [7, 11) is -3.31. The number of hydrogen-bond donors (Lipinski definition) is 1. The van der Waals surface area contributed by atoms with E-state index < -0.39 is 20.8 Å². The first-order valence-corrected chi connectivity index (χ1v) is 11.7.